The Bertz CT molecular complexity index is 1100. The van der Waals surface area contributed by atoms with Crippen molar-refractivity contribution in [1.29, 1.82) is 0 Å². The lowest BCUT2D eigenvalue weighted by molar-refractivity contribution is -0.153. The molecule has 2 aliphatic rings. The highest BCUT2D eigenvalue weighted by atomic mass is 16.6. The Morgan fingerprint density at radius 3 is 2.67 bits per heavy atom. The number of ether oxygens (including phenoxy) is 3. The molecule has 36 heavy (non-hydrogen) atoms. The molecule has 1 amide bonds. The Labute approximate surface area is 212 Å². The van der Waals surface area contributed by atoms with Gasteiger partial charge in [-0.1, -0.05) is 18.6 Å². The summed E-state index contributed by atoms with van der Waals surface area (Å²) in [5.41, 5.74) is 2.11. The number of aromatic nitrogens is 4. The van der Waals surface area contributed by atoms with Gasteiger partial charge in [0.15, 0.2) is 0 Å². The number of rotatable bonds is 9. The minimum Gasteiger partial charge on any atom is -0.488 e. The Hall–Kier alpha value is -3.17. The molecule has 0 bridgehead atoms. The first-order valence-corrected chi connectivity index (χ1v) is 12.8. The molecule has 10 nitrogen and oxygen atoms in total. The van der Waals surface area contributed by atoms with Gasteiger partial charge in [0.2, 0.25) is 0 Å². The van der Waals surface area contributed by atoms with Gasteiger partial charge in [-0.25, -0.2) is 14.5 Å². The Balaban J connectivity index is 1.41. The summed E-state index contributed by atoms with van der Waals surface area (Å²) in [6.45, 7) is 4.67. The Kier molecular flexibility index (Phi) is 7.80. The quantitative estimate of drug-likeness (QED) is 0.475. The van der Waals surface area contributed by atoms with Crippen LogP contribution in [-0.2, 0) is 27.9 Å². The molecule has 2 heterocycles. The zero-order valence-electron chi connectivity index (χ0n) is 22.0. The van der Waals surface area contributed by atoms with Gasteiger partial charge in [0.25, 0.3) is 0 Å². The third-order valence-electron chi connectivity index (χ3n) is 7.78. The molecule has 2 fully saturated rings. The van der Waals surface area contributed by atoms with E-state index in [0.29, 0.717) is 40.9 Å². The standard InChI is InChI=1S/C26H37N5O5/c1-6-26(24(32)34-5)13-12-19(14-26)36-22-11-10-20(27-17(22)2)23-21(31(4)29-28-23)16-35-25(33)30(3)15-18-8-7-9-18/h10-11,18-19H,6-9,12-16H2,1-5H3/t19?,26-/m0/s1. The number of pyridine rings is 1. The number of aryl methyl sites for hydroxylation is 2. The highest BCUT2D eigenvalue weighted by Crippen LogP contribution is 2.43. The van der Waals surface area contributed by atoms with E-state index in [9.17, 15) is 9.59 Å². The number of carbonyl (C=O) groups excluding carboxylic acids is 2. The van der Waals surface area contributed by atoms with E-state index in [1.807, 2.05) is 26.0 Å². The van der Waals surface area contributed by atoms with Gasteiger partial charge in [-0.15, -0.1) is 5.10 Å². The number of hydrogen-bond donors (Lipinski definition) is 0. The largest absolute Gasteiger partial charge is 0.488 e. The van der Waals surface area contributed by atoms with Crippen molar-refractivity contribution in [1.82, 2.24) is 24.9 Å². The van der Waals surface area contributed by atoms with Gasteiger partial charge in [-0.3, -0.25) is 4.79 Å². The fraction of sp³-hybridized carbons (Fsp3) is 0.654. The molecule has 1 unspecified atom stereocenters. The van der Waals surface area contributed by atoms with Crippen LogP contribution in [0.2, 0.25) is 0 Å². The van der Waals surface area contributed by atoms with Crippen LogP contribution in [-0.4, -0.2) is 63.7 Å². The van der Waals surface area contributed by atoms with Gasteiger partial charge in [-0.05, 0) is 57.1 Å². The van der Waals surface area contributed by atoms with Crippen molar-refractivity contribution in [3.05, 3.63) is 23.5 Å². The van der Waals surface area contributed by atoms with Crippen LogP contribution in [0.3, 0.4) is 0 Å². The predicted octanol–water partition coefficient (Wildman–Crippen LogP) is 4.05. The summed E-state index contributed by atoms with van der Waals surface area (Å²) in [4.78, 5) is 31.1. The van der Waals surface area contributed by atoms with E-state index in [2.05, 4.69) is 10.3 Å². The normalized spacial score (nSPS) is 21.6. The number of methoxy groups -OCH3 is 1. The van der Waals surface area contributed by atoms with Crippen molar-refractivity contribution in [3.8, 4) is 17.1 Å². The first-order valence-electron chi connectivity index (χ1n) is 12.8. The highest BCUT2D eigenvalue weighted by Gasteiger charge is 2.45. The molecule has 10 heteroatoms. The fourth-order valence-electron chi connectivity index (χ4n) is 5.14. The van der Waals surface area contributed by atoms with E-state index in [4.69, 9.17) is 19.2 Å². The molecular weight excluding hydrogens is 462 g/mol. The van der Waals surface area contributed by atoms with Gasteiger partial charge in [0.1, 0.15) is 23.7 Å². The average Bonchev–Trinajstić information content (AvgIpc) is 3.44. The van der Waals surface area contributed by atoms with Crippen molar-refractivity contribution in [2.24, 2.45) is 18.4 Å². The molecule has 4 rings (SSSR count). The zero-order chi connectivity index (χ0) is 25.9. The van der Waals surface area contributed by atoms with E-state index in [0.717, 1.165) is 25.8 Å². The molecule has 2 aromatic rings. The maximum absolute atomic E-state index is 12.5. The summed E-state index contributed by atoms with van der Waals surface area (Å²) in [7, 11) is 4.98. The third-order valence-corrected chi connectivity index (χ3v) is 7.78. The molecular formula is C26H37N5O5. The van der Waals surface area contributed by atoms with Gasteiger partial charge in [-0.2, -0.15) is 0 Å². The molecule has 0 aliphatic heterocycles. The summed E-state index contributed by atoms with van der Waals surface area (Å²) < 4.78 is 18.5. The van der Waals surface area contributed by atoms with E-state index >= 15 is 0 Å². The van der Waals surface area contributed by atoms with Crippen LogP contribution in [0.1, 0.15) is 63.3 Å². The third kappa shape index (κ3) is 5.32. The van der Waals surface area contributed by atoms with Crippen LogP contribution in [0.4, 0.5) is 4.79 Å². The number of amides is 1. The van der Waals surface area contributed by atoms with Crippen LogP contribution < -0.4 is 4.74 Å². The number of hydrogen-bond acceptors (Lipinski definition) is 8. The first kappa shape index (κ1) is 25.9. The van der Waals surface area contributed by atoms with E-state index in [1.165, 1.54) is 26.4 Å². The molecule has 0 aromatic carbocycles. The number of esters is 1. The van der Waals surface area contributed by atoms with Crippen LogP contribution in [0.25, 0.3) is 11.4 Å². The summed E-state index contributed by atoms with van der Waals surface area (Å²) >= 11 is 0. The number of carbonyl (C=O) groups is 2. The molecule has 0 saturated heterocycles. The van der Waals surface area contributed by atoms with Gasteiger partial charge >= 0.3 is 12.1 Å². The number of nitrogens with zero attached hydrogens (tertiary/aromatic N) is 5. The molecule has 0 spiro atoms. The lowest BCUT2D eigenvalue weighted by atomic mass is 9.83. The summed E-state index contributed by atoms with van der Waals surface area (Å²) in [5, 5.41) is 8.38. The van der Waals surface area contributed by atoms with Gasteiger partial charge in [0.05, 0.1) is 30.0 Å². The molecule has 2 aliphatic carbocycles. The minimum absolute atomic E-state index is 0.0559. The molecule has 0 radical (unpaired) electrons. The van der Waals surface area contributed by atoms with Crippen molar-refractivity contribution in [2.75, 3.05) is 20.7 Å². The van der Waals surface area contributed by atoms with Crippen LogP contribution in [0.5, 0.6) is 5.75 Å². The summed E-state index contributed by atoms with van der Waals surface area (Å²) in [6.07, 6.45) is 6.06. The van der Waals surface area contributed by atoms with Gasteiger partial charge < -0.3 is 19.1 Å². The van der Waals surface area contributed by atoms with Crippen LogP contribution in [0, 0.1) is 18.3 Å². The maximum Gasteiger partial charge on any atom is 0.409 e. The second-order valence-electron chi connectivity index (χ2n) is 10.1. The fourth-order valence-corrected chi connectivity index (χ4v) is 5.14. The zero-order valence-corrected chi connectivity index (χ0v) is 22.0. The highest BCUT2D eigenvalue weighted by molar-refractivity contribution is 5.77. The van der Waals surface area contributed by atoms with E-state index < -0.39 is 5.41 Å². The van der Waals surface area contributed by atoms with E-state index in [1.54, 1.807) is 23.7 Å². The average molecular weight is 500 g/mol. The van der Waals surface area contributed by atoms with Crippen molar-refractivity contribution in [3.63, 3.8) is 0 Å². The second kappa shape index (κ2) is 10.8. The van der Waals surface area contributed by atoms with Gasteiger partial charge in [0, 0.05) is 27.1 Å². The smallest absolute Gasteiger partial charge is 0.409 e. The van der Waals surface area contributed by atoms with Crippen molar-refractivity contribution >= 4 is 12.1 Å². The molecule has 2 saturated carbocycles. The molecule has 2 aromatic heterocycles. The maximum atomic E-state index is 12.5. The molecule has 196 valence electrons. The predicted molar refractivity (Wildman–Crippen MR) is 132 cm³/mol. The van der Waals surface area contributed by atoms with Crippen LogP contribution in [0.15, 0.2) is 12.1 Å². The lowest BCUT2D eigenvalue weighted by Gasteiger charge is -2.29. The molecule has 0 N–H and O–H groups in total. The monoisotopic (exact) mass is 499 g/mol. The topological polar surface area (TPSA) is 109 Å². The van der Waals surface area contributed by atoms with Crippen molar-refractivity contribution < 1.29 is 23.8 Å². The lowest BCUT2D eigenvalue weighted by Crippen LogP contribution is -2.34. The minimum atomic E-state index is -0.474. The first-order chi connectivity index (χ1) is 17.3. The second-order valence-corrected chi connectivity index (χ2v) is 10.1. The Morgan fingerprint density at radius 2 is 2.03 bits per heavy atom. The summed E-state index contributed by atoms with van der Waals surface area (Å²) in [5.74, 6) is 1.09. The van der Waals surface area contributed by atoms with Crippen molar-refractivity contribution in [2.45, 2.75) is 71.5 Å². The van der Waals surface area contributed by atoms with Crippen LogP contribution >= 0.6 is 0 Å². The SMILES string of the molecule is CC[C@]1(C(=O)OC)CCC(Oc2ccc(-c3nnn(C)c3COC(=O)N(C)CC3CCC3)nc2C)C1. The summed E-state index contributed by atoms with van der Waals surface area (Å²) in [6, 6.07) is 3.71. The molecule has 2 atom stereocenters. The Morgan fingerprint density at radius 1 is 1.25 bits per heavy atom. The van der Waals surface area contributed by atoms with E-state index in [-0.39, 0.29) is 24.8 Å².